The zero-order valence-electron chi connectivity index (χ0n) is 16.9. The van der Waals surface area contributed by atoms with Crippen molar-refractivity contribution in [1.82, 2.24) is 14.3 Å². The summed E-state index contributed by atoms with van der Waals surface area (Å²) in [5.41, 5.74) is 2.43. The fourth-order valence-electron chi connectivity index (χ4n) is 3.19. The van der Waals surface area contributed by atoms with E-state index in [0.29, 0.717) is 24.5 Å². The molecule has 7 heteroatoms. The van der Waals surface area contributed by atoms with Gasteiger partial charge in [-0.05, 0) is 43.8 Å². The molecule has 1 amide bonds. The molecule has 0 saturated heterocycles. The standard InChI is InChI=1S/C22H25FN4O2/c1-16-21(22(29)27(26(16)3)19-7-5-4-6-8-19)24-20(28)13-14-25(2)15-17-9-11-18(23)12-10-17/h4-12H,13-15H2,1-3H3,(H,24,28). The van der Waals surface area contributed by atoms with Crippen molar-refractivity contribution in [1.29, 1.82) is 0 Å². The third-order valence-corrected chi connectivity index (χ3v) is 4.90. The van der Waals surface area contributed by atoms with Crippen LogP contribution in [0.25, 0.3) is 5.69 Å². The van der Waals surface area contributed by atoms with Crippen LogP contribution < -0.4 is 10.9 Å². The lowest BCUT2D eigenvalue weighted by atomic mass is 10.2. The molecular formula is C22H25FN4O2. The molecule has 152 valence electrons. The van der Waals surface area contributed by atoms with Gasteiger partial charge in [-0.25, -0.2) is 9.07 Å². The van der Waals surface area contributed by atoms with E-state index in [1.165, 1.54) is 16.8 Å². The van der Waals surface area contributed by atoms with E-state index in [-0.39, 0.29) is 23.7 Å². The van der Waals surface area contributed by atoms with Gasteiger partial charge in [0.1, 0.15) is 11.5 Å². The fraction of sp³-hybridized carbons (Fsp3) is 0.273. The number of para-hydroxylation sites is 1. The smallest absolute Gasteiger partial charge is 0.295 e. The zero-order chi connectivity index (χ0) is 21.0. The topological polar surface area (TPSA) is 59.3 Å². The highest BCUT2D eigenvalue weighted by Crippen LogP contribution is 2.14. The summed E-state index contributed by atoms with van der Waals surface area (Å²) in [6, 6.07) is 15.6. The van der Waals surface area contributed by atoms with Crippen molar-refractivity contribution >= 4 is 11.6 Å². The number of aromatic nitrogens is 2. The summed E-state index contributed by atoms with van der Waals surface area (Å²) in [7, 11) is 3.68. The molecule has 1 N–H and O–H groups in total. The molecule has 0 saturated carbocycles. The first kappa shape index (κ1) is 20.5. The van der Waals surface area contributed by atoms with Gasteiger partial charge in [0.05, 0.1) is 11.4 Å². The summed E-state index contributed by atoms with van der Waals surface area (Å²) < 4.78 is 16.3. The van der Waals surface area contributed by atoms with Crippen LogP contribution in [0.15, 0.2) is 59.4 Å². The van der Waals surface area contributed by atoms with Gasteiger partial charge in [0.2, 0.25) is 5.91 Å². The molecule has 0 bridgehead atoms. The number of carbonyl (C=O) groups is 1. The summed E-state index contributed by atoms with van der Waals surface area (Å²) >= 11 is 0. The molecule has 3 rings (SSSR count). The minimum atomic E-state index is -0.268. The SMILES string of the molecule is Cc1c(NC(=O)CCN(C)Cc2ccc(F)cc2)c(=O)n(-c2ccccc2)n1C. The van der Waals surface area contributed by atoms with Gasteiger partial charge in [0.15, 0.2) is 0 Å². The molecule has 0 aliphatic heterocycles. The Bertz CT molecular complexity index is 1040. The number of halogens is 1. The minimum Gasteiger partial charge on any atom is -0.320 e. The van der Waals surface area contributed by atoms with Gasteiger partial charge in [0, 0.05) is 26.6 Å². The highest BCUT2D eigenvalue weighted by atomic mass is 19.1. The van der Waals surface area contributed by atoms with Crippen LogP contribution in [0, 0.1) is 12.7 Å². The molecule has 0 unspecified atom stereocenters. The maximum atomic E-state index is 13.0. The molecule has 3 aromatic rings. The molecule has 1 heterocycles. The van der Waals surface area contributed by atoms with Gasteiger partial charge in [-0.15, -0.1) is 0 Å². The lowest BCUT2D eigenvalue weighted by Gasteiger charge is -2.16. The Morgan fingerprint density at radius 2 is 1.76 bits per heavy atom. The number of benzene rings is 2. The minimum absolute atomic E-state index is 0.220. The van der Waals surface area contributed by atoms with Crippen LogP contribution in [-0.4, -0.2) is 33.8 Å². The van der Waals surface area contributed by atoms with Gasteiger partial charge in [0.25, 0.3) is 5.56 Å². The third kappa shape index (κ3) is 4.81. The van der Waals surface area contributed by atoms with Crippen molar-refractivity contribution in [3.8, 4) is 5.69 Å². The van der Waals surface area contributed by atoms with Gasteiger partial charge in [-0.2, -0.15) is 0 Å². The number of rotatable bonds is 7. The summed E-state index contributed by atoms with van der Waals surface area (Å²) in [6.07, 6.45) is 0.247. The van der Waals surface area contributed by atoms with E-state index in [1.807, 2.05) is 42.3 Å². The molecule has 0 radical (unpaired) electrons. The Kier molecular flexibility index (Phi) is 6.29. The highest BCUT2D eigenvalue weighted by Gasteiger charge is 2.18. The fourth-order valence-corrected chi connectivity index (χ4v) is 3.19. The molecule has 0 atom stereocenters. The number of nitrogens with one attached hydrogen (secondary N) is 1. The van der Waals surface area contributed by atoms with Crippen LogP contribution in [-0.2, 0) is 18.4 Å². The molecule has 2 aromatic carbocycles. The van der Waals surface area contributed by atoms with Crippen molar-refractivity contribution < 1.29 is 9.18 Å². The van der Waals surface area contributed by atoms with Crippen LogP contribution in [0.2, 0.25) is 0 Å². The molecule has 0 spiro atoms. The van der Waals surface area contributed by atoms with Crippen molar-refractivity contribution in [2.24, 2.45) is 7.05 Å². The number of nitrogens with zero attached hydrogens (tertiary/aromatic N) is 3. The average molecular weight is 396 g/mol. The average Bonchev–Trinajstić information content (AvgIpc) is 2.92. The number of amides is 1. The maximum absolute atomic E-state index is 13.0. The van der Waals surface area contributed by atoms with E-state index in [2.05, 4.69) is 5.32 Å². The summed E-state index contributed by atoms with van der Waals surface area (Å²) in [4.78, 5) is 27.2. The van der Waals surface area contributed by atoms with Crippen LogP contribution in [0.1, 0.15) is 17.7 Å². The van der Waals surface area contributed by atoms with E-state index in [1.54, 1.807) is 30.8 Å². The van der Waals surface area contributed by atoms with Crippen molar-refractivity contribution in [2.75, 3.05) is 18.9 Å². The van der Waals surface area contributed by atoms with Crippen LogP contribution in [0.4, 0.5) is 10.1 Å². The zero-order valence-corrected chi connectivity index (χ0v) is 16.9. The summed E-state index contributed by atoms with van der Waals surface area (Å²) in [5, 5.41) is 2.77. The Balaban J connectivity index is 1.63. The van der Waals surface area contributed by atoms with E-state index in [9.17, 15) is 14.0 Å². The molecular weight excluding hydrogens is 371 g/mol. The quantitative estimate of drug-likeness (QED) is 0.668. The number of carbonyl (C=O) groups excluding carboxylic acids is 1. The lowest BCUT2D eigenvalue weighted by Crippen LogP contribution is -2.26. The van der Waals surface area contributed by atoms with E-state index >= 15 is 0 Å². The second kappa shape index (κ2) is 8.87. The number of hydrogen-bond acceptors (Lipinski definition) is 3. The molecule has 0 aliphatic rings. The van der Waals surface area contributed by atoms with E-state index in [4.69, 9.17) is 0 Å². The molecule has 1 aromatic heterocycles. The number of hydrogen-bond donors (Lipinski definition) is 1. The van der Waals surface area contributed by atoms with Crippen LogP contribution in [0.3, 0.4) is 0 Å². The predicted octanol–water partition coefficient (Wildman–Crippen LogP) is 3.08. The number of anilines is 1. The summed E-state index contributed by atoms with van der Waals surface area (Å²) in [5.74, 6) is -0.489. The monoisotopic (exact) mass is 396 g/mol. The van der Waals surface area contributed by atoms with Gasteiger partial charge in [-0.1, -0.05) is 30.3 Å². The molecule has 0 aliphatic carbocycles. The second-order valence-electron chi connectivity index (χ2n) is 7.10. The van der Waals surface area contributed by atoms with Gasteiger partial charge >= 0.3 is 0 Å². The summed E-state index contributed by atoms with van der Waals surface area (Å²) in [6.45, 7) is 2.93. The second-order valence-corrected chi connectivity index (χ2v) is 7.10. The largest absolute Gasteiger partial charge is 0.320 e. The van der Waals surface area contributed by atoms with Crippen molar-refractivity contribution in [2.45, 2.75) is 19.9 Å². The Morgan fingerprint density at radius 3 is 2.41 bits per heavy atom. The normalized spacial score (nSPS) is 11.1. The van der Waals surface area contributed by atoms with Gasteiger partial charge < -0.3 is 10.2 Å². The first-order valence-corrected chi connectivity index (χ1v) is 9.43. The lowest BCUT2D eigenvalue weighted by molar-refractivity contribution is -0.116. The van der Waals surface area contributed by atoms with E-state index in [0.717, 1.165) is 11.3 Å². The van der Waals surface area contributed by atoms with Gasteiger partial charge in [-0.3, -0.25) is 14.3 Å². The Hall–Kier alpha value is -3.19. The molecule has 0 fully saturated rings. The van der Waals surface area contributed by atoms with Crippen LogP contribution >= 0.6 is 0 Å². The Morgan fingerprint density at radius 1 is 1.10 bits per heavy atom. The van der Waals surface area contributed by atoms with Crippen molar-refractivity contribution in [3.05, 3.63) is 82.0 Å². The highest BCUT2D eigenvalue weighted by molar-refractivity contribution is 5.91. The van der Waals surface area contributed by atoms with Crippen LogP contribution in [0.5, 0.6) is 0 Å². The molecule has 6 nitrogen and oxygen atoms in total. The molecule has 29 heavy (non-hydrogen) atoms. The van der Waals surface area contributed by atoms with Crippen molar-refractivity contribution in [3.63, 3.8) is 0 Å². The first-order chi connectivity index (χ1) is 13.9. The first-order valence-electron chi connectivity index (χ1n) is 9.43. The maximum Gasteiger partial charge on any atom is 0.295 e. The Labute approximate surface area is 169 Å². The van der Waals surface area contributed by atoms with E-state index < -0.39 is 0 Å². The predicted molar refractivity (Wildman–Crippen MR) is 112 cm³/mol. The third-order valence-electron chi connectivity index (χ3n) is 4.90.